The maximum atomic E-state index is 5.28. The van der Waals surface area contributed by atoms with Crippen LogP contribution in [0.25, 0.3) is 0 Å². The maximum absolute atomic E-state index is 5.28. The fraction of sp³-hybridized carbons (Fsp3) is 0.250. The Balaban J connectivity index is 2.18. The topological polar surface area (TPSA) is 9.23 Å². The second-order valence-corrected chi connectivity index (χ2v) is 3.19. The van der Waals surface area contributed by atoms with Crippen LogP contribution in [0, 0.1) is 0 Å². The molecule has 1 aromatic rings. The van der Waals surface area contributed by atoms with Crippen LogP contribution in [0.1, 0.15) is 11.0 Å². The predicted molar refractivity (Wildman–Crippen MR) is 42.7 cm³/mol. The van der Waals surface area contributed by atoms with Gasteiger partial charge in [-0.2, -0.15) is 0 Å². The van der Waals surface area contributed by atoms with Gasteiger partial charge in [0, 0.05) is 0 Å². The summed E-state index contributed by atoms with van der Waals surface area (Å²) in [5, 5.41) is 0. The van der Waals surface area contributed by atoms with Gasteiger partial charge in [-0.3, -0.25) is 0 Å². The molecule has 1 unspecified atom stereocenters. The van der Waals surface area contributed by atoms with Gasteiger partial charge in [0.15, 0.2) is 0 Å². The van der Waals surface area contributed by atoms with E-state index in [1.165, 1.54) is 5.56 Å². The van der Waals surface area contributed by atoms with Crippen molar-refractivity contribution in [3.8, 4) is 0 Å². The summed E-state index contributed by atoms with van der Waals surface area (Å²) in [6.07, 6.45) is 0. The zero-order valence-electron chi connectivity index (χ0n) is 5.49. The van der Waals surface area contributed by atoms with E-state index in [2.05, 4.69) is 12.1 Å². The Bertz CT molecular complexity index is 206. The zero-order chi connectivity index (χ0) is 6.81. The summed E-state index contributed by atoms with van der Waals surface area (Å²) < 4.78 is 5.28. The summed E-state index contributed by atoms with van der Waals surface area (Å²) in [6, 6.07) is 10.3. The second kappa shape index (κ2) is 2.64. The molecule has 0 spiro atoms. The maximum Gasteiger partial charge on any atom is 0.131 e. The van der Waals surface area contributed by atoms with Gasteiger partial charge in [-0.25, -0.2) is 0 Å². The lowest BCUT2D eigenvalue weighted by Crippen LogP contribution is -2.10. The van der Waals surface area contributed by atoms with Gasteiger partial charge in [0.25, 0.3) is 0 Å². The number of thioether (sulfide) groups is 1. The highest BCUT2D eigenvalue weighted by atomic mass is 32.2. The van der Waals surface area contributed by atoms with Gasteiger partial charge in [0.1, 0.15) is 5.44 Å². The molecule has 10 heavy (non-hydrogen) atoms. The molecule has 2 rings (SSSR count). The van der Waals surface area contributed by atoms with Crippen molar-refractivity contribution in [3.05, 3.63) is 35.9 Å². The summed E-state index contributed by atoms with van der Waals surface area (Å²) >= 11 is 1.84. The van der Waals surface area contributed by atoms with Crippen LogP contribution in [0.3, 0.4) is 0 Å². The van der Waals surface area contributed by atoms with Crippen LogP contribution in [-0.4, -0.2) is 5.94 Å². The molecule has 0 amide bonds. The van der Waals surface area contributed by atoms with Crippen molar-refractivity contribution in [2.75, 3.05) is 5.94 Å². The third kappa shape index (κ3) is 1.04. The van der Waals surface area contributed by atoms with E-state index in [1.807, 2.05) is 30.0 Å². The second-order valence-electron chi connectivity index (χ2n) is 2.19. The summed E-state index contributed by atoms with van der Waals surface area (Å²) in [5.41, 5.74) is 1.58. The molecule has 1 aliphatic heterocycles. The molecule has 1 saturated heterocycles. The molecule has 0 aliphatic carbocycles. The lowest BCUT2D eigenvalue weighted by molar-refractivity contribution is 0.124. The Morgan fingerprint density at radius 2 is 2.00 bits per heavy atom. The van der Waals surface area contributed by atoms with Gasteiger partial charge in [-0.15, -0.1) is 0 Å². The Kier molecular flexibility index (Phi) is 1.65. The molecular weight excluding hydrogens is 144 g/mol. The van der Waals surface area contributed by atoms with E-state index in [1.54, 1.807) is 0 Å². The van der Waals surface area contributed by atoms with Gasteiger partial charge < -0.3 is 4.74 Å². The lowest BCUT2D eigenvalue weighted by Gasteiger charge is -2.25. The predicted octanol–water partition coefficient (Wildman–Crippen LogP) is 2.41. The zero-order valence-corrected chi connectivity index (χ0v) is 6.30. The molecule has 0 saturated carbocycles. The minimum atomic E-state index is 0.307. The van der Waals surface area contributed by atoms with Crippen molar-refractivity contribution in [1.29, 1.82) is 0 Å². The summed E-state index contributed by atoms with van der Waals surface area (Å²) in [6.45, 7) is 0. The summed E-state index contributed by atoms with van der Waals surface area (Å²) in [5.74, 6) is 0.847. The van der Waals surface area contributed by atoms with Crippen LogP contribution < -0.4 is 0 Å². The Morgan fingerprint density at radius 1 is 1.30 bits per heavy atom. The standard InChI is InChI=1S/C8H8OS/c1-2-4-7(5-3-1)8-9-6-10-8/h1-5,8H,6H2. The molecule has 52 valence electrons. The van der Waals surface area contributed by atoms with Crippen LogP contribution in [0.4, 0.5) is 0 Å². The van der Waals surface area contributed by atoms with E-state index in [0.29, 0.717) is 5.44 Å². The van der Waals surface area contributed by atoms with Crippen LogP contribution in [0.5, 0.6) is 0 Å². The molecule has 1 aromatic carbocycles. The molecule has 0 radical (unpaired) electrons. The SMILES string of the molecule is c1ccc(C2OCS2)cc1. The van der Waals surface area contributed by atoms with E-state index >= 15 is 0 Å². The van der Waals surface area contributed by atoms with Gasteiger partial charge >= 0.3 is 0 Å². The molecule has 1 fully saturated rings. The van der Waals surface area contributed by atoms with Crippen molar-refractivity contribution in [3.63, 3.8) is 0 Å². The van der Waals surface area contributed by atoms with Gasteiger partial charge in [0.05, 0.1) is 5.94 Å². The molecule has 1 aliphatic rings. The van der Waals surface area contributed by atoms with Crippen molar-refractivity contribution in [2.24, 2.45) is 0 Å². The first-order valence-corrected chi connectivity index (χ1v) is 4.30. The third-order valence-corrected chi connectivity index (χ3v) is 2.49. The van der Waals surface area contributed by atoms with Gasteiger partial charge in [-0.1, -0.05) is 42.1 Å². The number of hydrogen-bond donors (Lipinski definition) is 0. The largest absolute Gasteiger partial charge is 0.352 e. The first-order valence-electron chi connectivity index (χ1n) is 3.25. The number of ether oxygens (including phenoxy) is 1. The first kappa shape index (κ1) is 6.25. The molecule has 1 nitrogen and oxygen atoms in total. The normalized spacial score (nSPS) is 23.8. The Labute approximate surface area is 64.4 Å². The summed E-state index contributed by atoms with van der Waals surface area (Å²) in [7, 11) is 0. The molecule has 2 heteroatoms. The average Bonchev–Trinajstić information content (AvgIpc) is 1.86. The number of benzene rings is 1. The van der Waals surface area contributed by atoms with Crippen LogP contribution in [-0.2, 0) is 4.74 Å². The fourth-order valence-corrected chi connectivity index (χ4v) is 1.56. The summed E-state index contributed by atoms with van der Waals surface area (Å²) in [4.78, 5) is 0. The van der Waals surface area contributed by atoms with Crippen LogP contribution >= 0.6 is 11.8 Å². The minimum Gasteiger partial charge on any atom is -0.352 e. The van der Waals surface area contributed by atoms with Crippen LogP contribution in [0.2, 0.25) is 0 Å². The Morgan fingerprint density at radius 3 is 2.50 bits per heavy atom. The highest BCUT2D eigenvalue weighted by molar-refractivity contribution is 8.00. The molecule has 1 atom stereocenters. The van der Waals surface area contributed by atoms with E-state index in [9.17, 15) is 0 Å². The molecule has 1 heterocycles. The van der Waals surface area contributed by atoms with Gasteiger partial charge in [0.2, 0.25) is 0 Å². The highest BCUT2D eigenvalue weighted by Gasteiger charge is 2.19. The Hall–Kier alpha value is -0.470. The minimum absolute atomic E-state index is 0.307. The van der Waals surface area contributed by atoms with E-state index < -0.39 is 0 Å². The molecular formula is C8H8OS. The lowest BCUT2D eigenvalue weighted by atomic mass is 10.2. The van der Waals surface area contributed by atoms with Crippen molar-refractivity contribution >= 4 is 11.8 Å². The number of hydrogen-bond acceptors (Lipinski definition) is 2. The number of rotatable bonds is 1. The van der Waals surface area contributed by atoms with Crippen molar-refractivity contribution in [1.82, 2.24) is 0 Å². The molecule has 0 N–H and O–H groups in total. The third-order valence-electron chi connectivity index (χ3n) is 1.51. The van der Waals surface area contributed by atoms with E-state index in [-0.39, 0.29) is 0 Å². The van der Waals surface area contributed by atoms with E-state index in [4.69, 9.17) is 4.74 Å². The van der Waals surface area contributed by atoms with Crippen molar-refractivity contribution < 1.29 is 4.74 Å². The van der Waals surface area contributed by atoms with Gasteiger partial charge in [-0.05, 0) is 5.56 Å². The van der Waals surface area contributed by atoms with Crippen molar-refractivity contribution in [2.45, 2.75) is 5.44 Å². The first-order chi connectivity index (χ1) is 4.97. The molecule has 0 aromatic heterocycles. The quantitative estimate of drug-likeness (QED) is 0.611. The van der Waals surface area contributed by atoms with E-state index in [0.717, 1.165) is 5.94 Å². The van der Waals surface area contributed by atoms with Crippen LogP contribution in [0.15, 0.2) is 30.3 Å². The average molecular weight is 152 g/mol. The highest BCUT2D eigenvalue weighted by Crippen LogP contribution is 2.38. The monoisotopic (exact) mass is 152 g/mol. The fourth-order valence-electron chi connectivity index (χ4n) is 0.939. The molecule has 0 bridgehead atoms. The smallest absolute Gasteiger partial charge is 0.131 e.